The van der Waals surface area contributed by atoms with Crippen LogP contribution in [-0.4, -0.2) is 79.7 Å². The number of benzene rings is 2. The zero-order valence-corrected chi connectivity index (χ0v) is 28.3. The standard InChI is InChI=1S/C20H25N3O5.C14H15N3O3/c1-12-10-23(11-13(2)26-12)17-14(8-21)7-16(25-6)18(15(17)9-22)27-19(24)28-20(3,4)5;1-8-6-17(7-9(2)20-8)13-10(4-15)3-12(18)14(19)11(13)5-16/h7,12-13H,10-11H2,1-6H3;3,8-9,18-19H,6-7H2,1-2H3. The number of morpholine rings is 2. The van der Waals surface area contributed by atoms with Gasteiger partial charge in [-0.2, -0.15) is 21.0 Å². The van der Waals surface area contributed by atoms with Crippen molar-refractivity contribution < 1.29 is 38.7 Å². The Morgan fingerprint density at radius 3 is 1.62 bits per heavy atom. The summed E-state index contributed by atoms with van der Waals surface area (Å²) in [6, 6.07) is 10.6. The second-order valence-corrected chi connectivity index (χ2v) is 12.5. The fourth-order valence-electron chi connectivity index (χ4n) is 5.64. The van der Waals surface area contributed by atoms with Gasteiger partial charge in [0.1, 0.15) is 41.0 Å². The normalized spacial score (nSPS) is 20.5. The highest BCUT2D eigenvalue weighted by atomic mass is 16.7. The molecule has 0 amide bonds. The van der Waals surface area contributed by atoms with Crippen LogP contribution in [0.25, 0.3) is 0 Å². The molecule has 2 fully saturated rings. The van der Waals surface area contributed by atoms with Crippen LogP contribution in [0, 0.1) is 45.3 Å². The lowest BCUT2D eigenvalue weighted by atomic mass is 10.0. The van der Waals surface area contributed by atoms with Crippen LogP contribution in [0.1, 0.15) is 70.7 Å². The fraction of sp³-hybridized carbons (Fsp3) is 0.500. The second-order valence-electron chi connectivity index (χ2n) is 12.5. The summed E-state index contributed by atoms with van der Waals surface area (Å²) in [4.78, 5) is 15.9. The number of rotatable bonds is 4. The molecular formula is C34H40N6O8. The first-order chi connectivity index (χ1) is 22.6. The van der Waals surface area contributed by atoms with Crippen molar-refractivity contribution in [2.24, 2.45) is 0 Å². The summed E-state index contributed by atoms with van der Waals surface area (Å²) in [7, 11) is 1.37. The number of phenolic OH excluding ortho intramolecular Hbond substituents is 2. The smallest absolute Gasteiger partial charge is 0.504 e. The number of hydrogen-bond acceptors (Lipinski definition) is 14. The Morgan fingerprint density at radius 2 is 1.23 bits per heavy atom. The van der Waals surface area contributed by atoms with Crippen molar-refractivity contribution in [3.05, 3.63) is 34.4 Å². The molecule has 2 heterocycles. The van der Waals surface area contributed by atoms with Gasteiger partial charge in [-0.1, -0.05) is 0 Å². The molecule has 0 aromatic heterocycles. The van der Waals surface area contributed by atoms with Crippen molar-refractivity contribution >= 4 is 17.5 Å². The van der Waals surface area contributed by atoms with Crippen molar-refractivity contribution in [3.63, 3.8) is 0 Å². The predicted octanol–water partition coefficient (Wildman–Crippen LogP) is 4.82. The zero-order valence-electron chi connectivity index (χ0n) is 28.3. The molecule has 2 aromatic carbocycles. The van der Waals surface area contributed by atoms with Crippen LogP contribution in [0.5, 0.6) is 23.0 Å². The number of aromatic hydroxyl groups is 2. The van der Waals surface area contributed by atoms with Crippen LogP contribution in [0.2, 0.25) is 0 Å². The molecule has 2 aliphatic heterocycles. The SMILES string of the molecule is CC1CN(c2c(C#N)cc(O)c(O)c2C#N)CC(C)O1.COc1cc(C#N)c(N2CC(C)OC(C)C2)c(C#N)c1OC(=O)OC(C)(C)C. The van der Waals surface area contributed by atoms with Gasteiger partial charge in [-0.25, -0.2) is 4.79 Å². The van der Waals surface area contributed by atoms with E-state index in [4.69, 9.17) is 23.7 Å². The average Bonchev–Trinajstić information content (AvgIpc) is 2.99. The van der Waals surface area contributed by atoms with Crippen molar-refractivity contribution in [1.82, 2.24) is 0 Å². The van der Waals surface area contributed by atoms with Crippen LogP contribution in [0.15, 0.2) is 12.1 Å². The van der Waals surface area contributed by atoms with E-state index in [1.807, 2.05) is 49.6 Å². The van der Waals surface area contributed by atoms with E-state index < -0.39 is 23.3 Å². The van der Waals surface area contributed by atoms with Gasteiger partial charge in [-0.15, -0.1) is 0 Å². The molecule has 0 saturated carbocycles. The molecule has 2 N–H and O–H groups in total. The summed E-state index contributed by atoms with van der Waals surface area (Å²) in [6.07, 6.45) is -1.22. The van der Waals surface area contributed by atoms with Gasteiger partial charge in [0.05, 0.1) is 54.0 Å². The molecule has 4 rings (SSSR count). The topological polar surface area (TPSA) is 205 Å². The Morgan fingerprint density at radius 1 is 0.792 bits per heavy atom. The molecular weight excluding hydrogens is 620 g/mol. The van der Waals surface area contributed by atoms with E-state index in [2.05, 4.69) is 12.1 Å². The molecule has 0 spiro atoms. The van der Waals surface area contributed by atoms with Gasteiger partial charge in [0.15, 0.2) is 23.0 Å². The number of ether oxygens (including phenoxy) is 5. The highest BCUT2D eigenvalue weighted by Gasteiger charge is 2.32. The van der Waals surface area contributed by atoms with Crippen LogP contribution in [-0.2, 0) is 14.2 Å². The van der Waals surface area contributed by atoms with E-state index in [1.165, 1.54) is 19.2 Å². The van der Waals surface area contributed by atoms with Gasteiger partial charge < -0.3 is 43.7 Å². The molecule has 4 atom stereocenters. The van der Waals surface area contributed by atoms with Gasteiger partial charge in [-0.3, -0.25) is 0 Å². The first kappa shape index (κ1) is 37.1. The van der Waals surface area contributed by atoms with Crippen molar-refractivity contribution in [2.45, 2.75) is 78.5 Å². The Kier molecular flexibility index (Phi) is 11.9. The number of nitrogens with zero attached hydrogens (tertiary/aromatic N) is 6. The van der Waals surface area contributed by atoms with Crippen molar-refractivity contribution in [1.29, 1.82) is 21.0 Å². The summed E-state index contributed by atoms with van der Waals surface area (Å²) in [5.74, 6) is -0.915. The largest absolute Gasteiger partial charge is 0.514 e. The molecule has 48 heavy (non-hydrogen) atoms. The third-order valence-corrected chi connectivity index (χ3v) is 7.20. The zero-order chi connectivity index (χ0) is 35.9. The molecule has 254 valence electrons. The fourth-order valence-corrected chi connectivity index (χ4v) is 5.64. The first-order valence-corrected chi connectivity index (χ1v) is 15.2. The molecule has 14 heteroatoms. The predicted molar refractivity (Wildman–Crippen MR) is 173 cm³/mol. The first-order valence-electron chi connectivity index (χ1n) is 15.2. The number of hydrogen-bond donors (Lipinski definition) is 2. The molecule has 0 radical (unpaired) electrons. The average molecular weight is 661 g/mol. The number of methoxy groups -OCH3 is 1. The van der Waals surface area contributed by atoms with Crippen LogP contribution < -0.4 is 19.3 Å². The van der Waals surface area contributed by atoms with Crippen LogP contribution in [0.4, 0.5) is 16.2 Å². The van der Waals surface area contributed by atoms with Gasteiger partial charge in [0, 0.05) is 38.3 Å². The minimum atomic E-state index is -0.957. The molecule has 2 aromatic rings. The van der Waals surface area contributed by atoms with Gasteiger partial charge in [-0.05, 0) is 48.5 Å². The Hall–Kier alpha value is -5.41. The molecule has 0 bridgehead atoms. The maximum absolute atomic E-state index is 12.2. The monoisotopic (exact) mass is 660 g/mol. The minimum absolute atomic E-state index is 0.0445. The third kappa shape index (κ3) is 8.68. The number of anilines is 2. The summed E-state index contributed by atoms with van der Waals surface area (Å²) in [6.45, 7) is 14.8. The second kappa shape index (κ2) is 15.5. The molecule has 4 unspecified atom stereocenters. The number of carbonyl (C=O) groups excluding carboxylic acids is 1. The lowest BCUT2D eigenvalue weighted by molar-refractivity contribution is -0.00553. The molecule has 2 aliphatic rings. The molecule has 14 nitrogen and oxygen atoms in total. The number of phenols is 2. The lowest BCUT2D eigenvalue weighted by Gasteiger charge is -2.37. The van der Waals surface area contributed by atoms with Crippen molar-refractivity contribution in [2.75, 3.05) is 43.1 Å². The van der Waals surface area contributed by atoms with Crippen molar-refractivity contribution in [3.8, 4) is 47.3 Å². The van der Waals surface area contributed by atoms with Crippen LogP contribution >= 0.6 is 0 Å². The highest BCUT2D eigenvalue weighted by molar-refractivity contribution is 5.79. The maximum Gasteiger partial charge on any atom is 0.514 e. The van der Waals surface area contributed by atoms with E-state index in [0.29, 0.717) is 37.6 Å². The van der Waals surface area contributed by atoms with E-state index in [0.717, 1.165) is 0 Å². The number of carbonyl (C=O) groups is 1. The minimum Gasteiger partial charge on any atom is -0.504 e. The van der Waals surface area contributed by atoms with E-state index >= 15 is 0 Å². The third-order valence-electron chi connectivity index (χ3n) is 7.20. The van der Waals surface area contributed by atoms with Gasteiger partial charge >= 0.3 is 6.16 Å². The van der Waals surface area contributed by atoms with E-state index in [9.17, 15) is 36.1 Å². The van der Waals surface area contributed by atoms with Gasteiger partial charge in [0.25, 0.3) is 0 Å². The quantitative estimate of drug-likeness (QED) is 0.256. The Labute approximate surface area is 280 Å². The van der Waals surface area contributed by atoms with Gasteiger partial charge in [0.2, 0.25) is 0 Å². The summed E-state index contributed by atoms with van der Waals surface area (Å²) in [5.41, 5.74) is 0.371. The molecule has 0 aliphatic carbocycles. The lowest BCUT2D eigenvalue weighted by Crippen LogP contribution is -2.46. The summed E-state index contributed by atoms with van der Waals surface area (Å²) < 4.78 is 27.2. The van der Waals surface area contributed by atoms with E-state index in [1.54, 1.807) is 20.8 Å². The van der Waals surface area contributed by atoms with E-state index in [-0.39, 0.29) is 58.2 Å². The summed E-state index contributed by atoms with van der Waals surface area (Å²) >= 11 is 0. The Bertz CT molecular complexity index is 1670. The number of nitriles is 4. The highest BCUT2D eigenvalue weighted by Crippen LogP contribution is 2.42. The maximum atomic E-state index is 12.2. The summed E-state index contributed by atoms with van der Waals surface area (Å²) in [5, 5.41) is 57.3. The Balaban J connectivity index is 0.000000275. The molecule has 2 saturated heterocycles. The van der Waals surface area contributed by atoms with Crippen LogP contribution in [0.3, 0.4) is 0 Å².